The highest BCUT2D eigenvalue weighted by atomic mass is 32.1. The first-order chi connectivity index (χ1) is 25.3. The highest BCUT2D eigenvalue weighted by Crippen LogP contribution is 2.44. The van der Waals surface area contributed by atoms with E-state index in [0.29, 0.717) is 49.1 Å². The van der Waals surface area contributed by atoms with Gasteiger partial charge in [-0.3, -0.25) is 9.59 Å². The van der Waals surface area contributed by atoms with Gasteiger partial charge in [-0.15, -0.1) is 11.3 Å². The number of ether oxygens (including phenoxy) is 3. The standard InChI is InChI=1S/C36H38F6N4O6S/c37-35(38,39)25-11-13-43-31-30(25)32(48)46-14-7-12-34(28(46)10-3-1-2-6-20-51-31,52-24-22-29(53-23-24)36(40,41)42)33(49)45-17-15-44(16-18-45)26-8-4-5-9-27(26)50-21-19-47/h1,3-5,8-9,11,13,22-23,28,47H,2,6-7,10,12,14-21H2/b3-1-/t28-,34?/m1/s1. The van der Waals surface area contributed by atoms with Gasteiger partial charge in [0, 0.05) is 56.8 Å². The number of amides is 2. The molecule has 1 N–H and O–H groups in total. The molecule has 3 aliphatic heterocycles. The van der Waals surface area contributed by atoms with Gasteiger partial charge in [-0.25, -0.2) is 4.98 Å². The lowest BCUT2D eigenvalue weighted by Crippen LogP contribution is -2.69. The quantitative estimate of drug-likeness (QED) is 0.217. The summed E-state index contributed by atoms with van der Waals surface area (Å²) in [6, 6.07) is 7.48. The molecule has 53 heavy (non-hydrogen) atoms. The number of allylic oxidation sites excluding steroid dienone is 1. The van der Waals surface area contributed by atoms with Crippen molar-refractivity contribution in [1.29, 1.82) is 0 Å². The van der Waals surface area contributed by atoms with E-state index in [1.54, 1.807) is 24.3 Å². The molecule has 286 valence electrons. The molecule has 0 saturated carbocycles. The van der Waals surface area contributed by atoms with Crippen LogP contribution < -0.4 is 19.1 Å². The van der Waals surface area contributed by atoms with Crippen LogP contribution in [0.25, 0.3) is 0 Å². The number of aliphatic hydroxyl groups is 1. The summed E-state index contributed by atoms with van der Waals surface area (Å²) in [7, 11) is 0. The minimum absolute atomic E-state index is 0.00238. The summed E-state index contributed by atoms with van der Waals surface area (Å²) in [6.45, 7) is 0.809. The summed E-state index contributed by atoms with van der Waals surface area (Å²) >= 11 is 0.386. The first-order valence-corrected chi connectivity index (χ1v) is 18.1. The number of alkyl halides is 6. The number of piperazine rings is 1. The third-order valence-corrected chi connectivity index (χ3v) is 10.4. The maximum Gasteiger partial charge on any atom is 0.425 e. The van der Waals surface area contributed by atoms with Gasteiger partial charge in [0.05, 0.1) is 30.5 Å². The molecule has 1 aromatic carbocycles. The molecule has 5 heterocycles. The molecule has 2 fully saturated rings. The molecule has 0 bridgehead atoms. The number of hydrogen-bond donors (Lipinski definition) is 1. The highest BCUT2D eigenvalue weighted by molar-refractivity contribution is 7.10. The van der Waals surface area contributed by atoms with Crippen LogP contribution in [0.3, 0.4) is 0 Å². The number of rotatable bonds is 7. The van der Waals surface area contributed by atoms with Crippen molar-refractivity contribution in [3.8, 4) is 17.4 Å². The van der Waals surface area contributed by atoms with Gasteiger partial charge in [-0.1, -0.05) is 24.3 Å². The van der Waals surface area contributed by atoms with Gasteiger partial charge in [-0.05, 0) is 43.9 Å². The van der Waals surface area contributed by atoms with E-state index in [2.05, 4.69) is 4.98 Å². The van der Waals surface area contributed by atoms with Crippen molar-refractivity contribution < 1.29 is 55.2 Å². The van der Waals surface area contributed by atoms with E-state index in [0.717, 1.165) is 28.2 Å². The number of carbonyl (C=O) groups excluding carboxylic acids is 2. The summed E-state index contributed by atoms with van der Waals surface area (Å²) in [5, 5.41) is 10.4. The van der Waals surface area contributed by atoms with Crippen LogP contribution in [-0.4, -0.2) is 95.9 Å². The van der Waals surface area contributed by atoms with Gasteiger partial charge in [0.15, 0.2) is 0 Å². The molecule has 3 aromatic rings. The van der Waals surface area contributed by atoms with E-state index in [9.17, 15) is 41.0 Å². The zero-order valence-corrected chi connectivity index (χ0v) is 29.3. The zero-order chi connectivity index (χ0) is 37.8. The molecule has 10 nitrogen and oxygen atoms in total. The smallest absolute Gasteiger partial charge is 0.425 e. The fraction of sp³-hybridized carbons (Fsp3) is 0.472. The second-order valence-electron chi connectivity index (χ2n) is 12.8. The molecule has 0 spiro atoms. The average molecular weight is 769 g/mol. The Bertz CT molecular complexity index is 1790. The van der Waals surface area contributed by atoms with Gasteiger partial charge >= 0.3 is 12.4 Å². The lowest BCUT2D eigenvalue weighted by atomic mass is 9.80. The maximum atomic E-state index is 15.0. The molecule has 2 saturated heterocycles. The van der Waals surface area contributed by atoms with Crippen LogP contribution in [-0.2, 0) is 17.1 Å². The van der Waals surface area contributed by atoms with Crippen molar-refractivity contribution in [1.82, 2.24) is 14.8 Å². The van der Waals surface area contributed by atoms with Crippen molar-refractivity contribution in [2.45, 2.75) is 56.1 Å². The number of nitrogens with zero attached hydrogens (tertiary/aromatic N) is 4. The van der Waals surface area contributed by atoms with Crippen LogP contribution in [0.1, 0.15) is 52.9 Å². The Balaban J connectivity index is 1.40. The molecule has 2 atom stereocenters. The van der Waals surface area contributed by atoms with E-state index in [1.807, 2.05) is 17.0 Å². The number of benzene rings is 1. The number of piperidine rings is 1. The molecule has 0 radical (unpaired) electrons. The monoisotopic (exact) mass is 768 g/mol. The van der Waals surface area contributed by atoms with Crippen LogP contribution >= 0.6 is 11.3 Å². The van der Waals surface area contributed by atoms with E-state index in [1.165, 1.54) is 4.90 Å². The number of fused-ring (bicyclic) bond motifs is 2. The first kappa shape index (κ1) is 38.2. The SMILES string of the molecule is O=C1c2c(C(F)(F)F)ccnc2OCCC/C=C\C[C@H]2N1CCCC2(Oc1csc(C(F)(F)F)c1)C(=O)N1CCN(c2ccccc2OCCO)CC1. The number of aliphatic hydroxyl groups excluding tert-OH is 1. The lowest BCUT2D eigenvalue weighted by Gasteiger charge is -2.50. The molecule has 2 aromatic heterocycles. The Morgan fingerprint density at radius 1 is 1.02 bits per heavy atom. The second kappa shape index (κ2) is 15.8. The largest absolute Gasteiger partial charge is 0.489 e. The zero-order valence-electron chi connectivity index (χ0n) is 28.5. The van der Waals surface area contributed by atoms with E-state index in [-0.39, 0.29) is 64.5 Å². The normalized spacial score (nSPS) is 22.1. The molecule has 2 amide bonds. The third-order valence-electron chi connectivity index (χ3n) is 9.48. The Labute approximate surface area is 305 Å². The third kappa shape index (κ3) is 8.20. The predicted octanol–water partition coefficient (Wildman–Crippen LogP) is 6.44. The van der Waals surface area contributed by atoms with Crippen LogP contribution in [0, 0.1) is 0 Å². The molecular weight excluding hydrogens is 730 g/mol. The number of hydrogen-bond acceptors (Lipinski definition) is 9. The topological polar surface area (TPSA) is 105 Å². The number of pyridine rings is 1. The molecular formula is C36H38F6N4O6S. The van der Waals surface area contributed by atoms with Crippen molar-refractivity contribution in [3.05, 3.63) is 76.1 Å². The van der Waals surface area contributed by atoms with Crippen LogP contribution in [0.4, 0.5) is 32.0 Å². The van der Waals surface area contributed by atoms with Gasteiger partial charge in [0.25, 0.3) is 11.8 Å². The highest BCUT2D eigenvalue weighted by Gasteiger charge is 2.56. The van der Waals surface area contributed by atoms with Gasteiger partial charge < -0.3 is 34.0 Å². The molecule has 3 aliphatic rings. The summed E-state index contributed by atoms with van der Waals surface area (Å²) < 4.78 is 102. The summed E-state index contributed by atoms with van der Waals surface area (Å²) in [4.78, 5) is 37.1. The van der Waals surface area contributed by atoms with Crippen molar-refractivity contribution in [3.63, 3.8) is 0 Å². The minimum Gasteiger partial charge on any atom is -0.489 e. The van der Waals surface area contributed by atoms with E-state index >= 15 is 0 Å². The molecule has 0 aliphatic carbocycles. The lowest BCUT2D eigenvalue weighted by molar-refractivity contribution is -0.159. The van der Waals surface area contributed by atoms with Crippen molar-refractivity contribution in [2.24, 2.45) is 0 Å². The fourth-order valence-corrected chi connectivity index (χ4v) is 7.73. The summed E-state index contributed by atoms with van der Waals surface area (Å²) in [5.74, 6) is -1.87. The molecule has 1 unspecified atom stereocenters. The fourth-order valence-electron chi connectivity index (χ4n) is 7.06. The number of halogens is 6. The second-order valence-corrected chi connectivity index (χ2v) is 13.7. The number of aromatic nitrogens is 1. The Hall–Kier alpha value is -4.51. The number of anilines is 1. The van der Waals surface area contributed by atoms with E-state index in [4.69, 9.17) is 14.2 Å². The Morgan fingerprint density at radius 3 is 2.51 bits per heavy atom. The Morgan fingerprint density at radius 2 is 1.79 bits per heavy atom. The number of carbonyl (C=O) groups is 2. The van der Waals surface area contributed by atoms with Gasteiger partial charge in [0.2, 0.25) is 11.5 Å². The van der Waals surface area contributed by atoms with Gasteiger partial charge in [0.1, 0.15) is 28.5 Å². The molecule has 17 heteroatoms. The minimum atomic E-state index is -4.95. The Kier molecular flexibility index (Phi) is 11.4. The van der Waals surface area contributed by atoms with Crippen LogP contribution in [0.2, 0.25) is 0 Å². The summed E-state index contributed by atoms with van der Waals surface area (Å²) in [5.41, 5.74) is -3.29. The predicted molar refractivity (Wildman–Crippen MR) is 182 cm³/mol. The maximum absolute atomic E-state index is 15.0. The number of thiophene rings is 1. The average Bonchev–Trinajstić information content (AvgIpc) is 3.62. The first-order valence-electron chi connectivity index (χ1n) is 17.2. The van der Waals surface area contributed by atoms with Gasteiger partial charge in [-0.2, -0.15) is 26.3 Å². The van der Waals surface area contributed by atoms with E-state index < -0.39 is 57.7 Å². The van der Waals surface area contributed by atoms with Crippen molar-refractivity contribution in [2.75, 3.05) is 57.4 Å². The van der Waals surface area contributed by atoms with Crippen molar-refractivity contribution >= 4 is 28.8 Å². The van der Waals surface area contributed by atoms with Crippen LogP contribution in [0.5, 0.6) is 17.4 Å². The van der Waals surface area contributed by atoms with Crippen LogP contribution in [0.15, 0.2) is 60.1 Å². The molecule has 6 rings (SSSR count). The number of para-hydroxylation sites is 2. The summed E-state index contributed by atoms with van der Waals surface area (Å²) in [6.07, 6.45) is -4.30.